The number of fused-ring (bicyclic) bond motifs is 1. The van der Waals surface area contributed by atoms with Gasteiger partial charge < -0.3 is 9.47 Å². The minimum Gasteiger partial charge on any atom is -0.340 e. The van der Waals surface area contributed by atoms with Gasteiger partial charge in [-0.05, 0) is 44.7 Å². The van der Waals surface area contributed by atoms with Gasteiger partial charge in [0, 0.05) is 31.5 Å². The molecule has 0 aliphatic heterocycles. The summed E-state index contributed by atoms with van der Waals surface area (Å²) in [6, 6.07) is 5.58. The quantitative estimate of drug-likeness (QED) is 0.616. The standard InChI is InChI=1S/C24H34FN3O/c1-2-27(19-12-7-4-8-13-19)22(29)16-17-28-21-15-9-14-20(25)23(21)26-24(28)18-10-5-3-6-11-18/h9,14-15,18-19H,2-8,10-13,16-17H2,1H3. The van der Waals surface area contributed by atoms with Gasteiger partial charge in [0.25, 0.3) is 0 Å². The highest BCUT2D eigenvalue weighted by atomic mass is 19.1. The molecule has 2 aliphatic carbocycles. The fourth-order valence-corrected chi connectivity index (χ4v) is 5.42. The molecule has 2 aliphatic rings. The molecule has 29 heavy (non-hydrogen) atoms. The van der Waals surface area contributed by atoms with Crippen LogP contribution < -0.4 is 0 Å². The molecule has 5 heteroatoms. The summed E-state index contributed by atoms with van der Waals surface area (Å²) in [5.74, 6) is 1.33. The molecule has 0 atom stereocenters. The molecule has 1 aromatic carbocycles. The second-order valence-electron chi connectivity index (χ2n) is 8.79. The van der Waals surface area contributed by atoms with Crippen molar-refractivity contribution < 1.29 is 9.18 Å². The van der Waals surface area contributed by atoms with Gasteiger partial charge in [-0.3, -0.25) is 4.79 Å². The highest BCUT2D eigenvalue weighted by molar-refractivity contribution is 5.78. The molecule has 2 fully saturated rings. The van der Waals surface area contributed by atoms with Crippen LogP contribution in [0.4, 0.5) is 4.39 Å². The molecule has 1 heterocycles. The average Bonchev–Trinajstić information content (AvgIpc) is 3.14. The molecule has 0 saturated heterocycles. The third-order valence-electron chi connectivity index (χ3n) is 6.96. The molecule has 4 rings (SSSR count). The topological polar surface area (TPSA) is 38.1 Å². The number of hydrogen-bond acceptors (Lipinski definition) is 2. The summed E-state index contributed by atoms with van der Waals surface area (Å²) >= 11 is 0. The van der Waals surface area contributed by atoms with Gasteiger partial charge in [0.05, 0.1) is 5.52 Å². The number of amides is 1. The van der Waals surface area contributed by atoms with E-state index in [1.807, 2.05) is 6.07 Å². The molecule has 0 N–H and O–H groups in total. The lowest BCUT2D eigenvalue weighted by Crippen LogP contribution is -2.41. The summed E-state index contributed by atoms with van der Waals surface area (Å²) in [5, 5.41) is 0. The highest BCUT2D eigenvalue weighted by Gasteiger charge is 2.26. The molecule has 0 spiro atoms. The van der Waals surface area contributed by atoms with Crippen molar-refractivity contribution in [1.82, 2.24) is 14.5 Å². The largest absolute Gasteiger partial charge is 0.340 e. The SMILES string of the molecule is CCN(C(=O)CCn1c(C2CCCCC2)nc2c(F)cccc21)C1CCCCC1. The zero-order valence-electron chi connectivity index (χ0n) is 17.7. The molecule has 2 saturated carbocycles. The van der Waals surface area contributed by atoms with Crippen molar-refractivity contribution in [1.29, 1.82) is 0 Å². The molecule has 0 unspecified atom stereocenters. The predicted molar refractivity (Wildman–Crippen MR) is 114 cm³/mol. The van der Waals surface area contributed by atoms with Crippen molar-refractivity contribution in [3.05, 3.63) is 29.8 Å². The van der Waals surface area contributed by atoms with E-state index in [1.165, 1.54) is 44.6 Å². The number of aryl methyl sites for hydroxylation is 1. The number of hydrogen-bond donors (Lipinski definition) is 0. The van der Waals surface area contributed by atoms with E-state index in [9.17, 15) is 9.18 Å². The maximum absolute atomic E-state index is 14.4. The normalized spacial score (nSPS) is 19.0. The molecule has 1 amide bonds. The first-order chi connectivity index (χ1) is 14.2. The second-order valence-corrected chi connectivity index (χ2v) is 8.79. The van der Waals surface area contributed by atoms with E-state index in [4.69, 9.17) is 4.98 Å². The Morgan fingerprint density at radius 1 is 1.10 bits per heavy atom. The van der Waals surface area contributed by atoms with Crippen molar-refractivity contribution >= 4 is 16.9 Å². The summed E-state index contributed by atoms with van der Waals surface area (Å²) in [5.41, 5.74) is 1.29. The molecular formula is C24H34FN3O. The summed E-state index contributed by atoms with van der Waals surface area (Å²) in [6.45, 7) is 3.45. The Balaban J connectivity index is 1.56. The number of para-hydroxylation sites is 1. The first-order valence-electron chi connectivity index (χ1n) is 11.6. The van der Waals surface area contributed by atoms with Gasteiger partial charge in [-0.15, -0.1) is 0 Å². The van der Waals surface area contributed by atoms with Crippen LogP contribution in [-0.2, 0) is 11.3 Å². The van der Waals surface area contributed by atoms with Crippen LogP contribution in [0, 0.1) is 5.82 Å². The van der Waals surface area contributed by atoms with E-state index in [2.05, 4.69) is 16.4 Å². The van der Waals surface area contributed by atoms with Crippen LogP contribution in [0.25, 0.3) is 11.0 Å². The van der Waals surface area contributed by atoms with Gasteiger partial charge in [-0.25, -0.2) is 9.37 Å². The van der Waals surface area contributed by atoms with Gasteiger partial charge in [-0.2, -0.15) is 0 Å². The molecular weight excluding hydrogens is 365 g/mol. The summed E-state index contributed by atoms with van der Waals surface area (Å²) in [4.78, 5) is 19.9. The van der Waals surface area contributed by atoms with Crippen molar-refractivity contribution in [3.63, 3.8) is 0 Å². The number of rotatable bonds is 6. The summed E-state index contributed by atoms with van der Waals surface area (Å²) in [6.07, 6.45) is 12.4. The Kier molecular flexibility index (Phi) is 6.51. The minimum absolute atomic E-state index is 0.229. The summed E-state index contributed by atoms with van der Waals surface area (Å²) < 4.78 is 16.6. The third kappa shape index (κ3) is 4.34. The van der Waals surface area contributed by atoms with Gasteiger partial charge in [0.2, 0.25) is 5.91 Å². The number of carbonyl (C=O) groups excluding carboxylic acids is 1. The van der Waals surface area contributed by atoms with E-state index in [1.54, 1.807) is 6.07 Å². The van der Waals surface area contributed by atoms with Crippen LogP contribution in [0.2, 0.25) is 0 Å². The zero-order chi connectivity index (χ0) is 20.2. The Morgan fingerprint density at radius 2 is 1.79 bits per heavy atom. The average molecular weight is 400 g/mol. The van der Waals surface area contributed by atoms with E-state index >= 15 is 0 Å². The number of aromatic nitrogens is 2. The first kappa shape index (κ1) is 20.4. The van der Waals surface area contributed by atoms with Crippen LogP contribution in [-0.4, -0.2) is 32.9 Å². The second kappa shape index (κ2) is 9.27. The smallest absolute Gasteiger partial charge is 0.224 e. The molecule has 0 radical (unpaired) electrons. The lowest BCUT2D eigenvalue weighted by Gasteiger charge is -2.34. The Hall–Kier alpha value is -1.91. The van der Waals surface area contributed by atoms with E-state index in [-0.39, 0.29) is 11.7 Å². The van der Waals surface area contributed by atoms with E-state index < -0.39 is 0 Å². The van der Waals surface area contributed by atoms with Crippen LogP contribution in [0.15, 0.2) is 18.2 Å². The molecule has 158 valence electrons. The number of benzene rings is 1. The van der Waals surface area contributed by atoms with Gasteiger partial charge in [0.15, 0.2) is 5.82 Å². The lowest BCUT2D eigenvalue weighted by atomic mass is 9.88. The number of halogens is 1. The van der Waals surface area contributed by atoms with Crippen LogP contribution in [0.1, 0.15) is 89.3 Å². The van der Waals surface area contributed by atoms with Gasteiger partial charge in [-0.1, -0.05) is 44.6 Å². The molecule has 0 bridgehead atoms. The zero-order valence-corrected chi connectivity index (χ0v) is 17.7. The third-order valence-corrected chi connectivity index (χ3v) is 6.96. The lowest BCUT2D eigenvalue weighted by molar-refractivity contribution is -0.134. The minimum atomic E-state index is -0.262. The van der Waals surface area contributed by atoms with Crippen LogP contribution >= 0.6 is 0 Å². The van der Waals surface area contributed by atoms with E-state index in [0.717, 1.165) is 43.6 Å². The number of imidazole rings is 1. The van der Waals surface area contributed by atoms with Gasteiger partial charge in [0.1, 0.15) is 11.3 Å². The Bertz CT molecular complexity index is 834. The van der Waals surface area contributed by atoms with Crippen molar-refractivity contribution in [2.75, 3.05) is 6.54 Å². The summed E-state index contributed by atoms with van der Waals surface area (Å²) in [7, 11) is 0. The fraction of sp³-hybridized carbons (Fsp3) is 0.667. The Labute approximate surface area is 173 Å². The Morgan fingerprint density at radius 3 is 2.48 bits per heavy atom. The van der Waals surface area contributed by atoms with Crippen LogP contribution in [0.5, 0.6) is 0 Å². The molecule has 2 aromatic rings. The van der Waals surface area contributed by atoms with Crippen molar-refractivity contribution in [2.24, 2.45) is 0 Å². The van der Waals surface area contributed by atoms with E-state index in [0.29, 0.717) is 30.4 Å². The van der Waals surface area contributed by atoms with Crippen molar-refractivity contribution in [2.45, 2.75) is 96.1 Å². The monoisotopic (exact) mass is 399 g/mol. The number of carbonyl (C=O) groups is 1. The van der Waals surface area contributed by atoms with Crippen LogP contribution in [0.3, 0.4) is 0 Å². The fourth-order valence-electron chi connectivity index (χ4n) is 5.42. The van der Waals surface area contributed by atoms with Gasteiger partial charge >= 0.3 is 0 Å². The number of nitrogens with zero attached hydrogens (tertiary/aromatic N) is 3. The first-order valence-corrected chi connectivity index (χ1v) is 11.6. The van der Waals surface area contributed by atoms with Crippen molar-refractivity contribution in [3.8, 4) is 0 Å². The molecule has 1 aromatic heterocycles. The molecule has 4 nitrogen and oxygen atoms in total. The highest BCUT2D eigenvalue weighted by Crippen LogP contribution is 2.34. The predicted octanol–water partition coefficient (Wildman–Crippen LogP) is 5.79. The maximum Gasteiger partial charge on any atom is 0.224 e. The maximum atomic E-state index is 14.4.